The van der Waals surface area contributed by atoms with Gasteiger partial charge in [-0.15, -0.1) is 10.2 Å². The quantitative estimate of drug-likeness (QED) is 0.401. The fraction of sp³-hybridized carbons (Fsp3) is 0.318. The van der Waals surface area contributed by atoms with Crippen molar-refractivity contribution in [2.24, 2.45) is 0 Å². The molecule has 0 unspecified atom stereocenters. The molecule has 3 aromatic rings. The number of hydrogen-bond acceptors (Lipinski definition) is 7. The molecule has 1 fully saturated rings. The number of nitrogens with two attached hydrogens (primary N) is 1. The van der Waals surface area contributed by atoms with E-state index < -0.39 is 17.6 Å². The van der Waals surface area contributed by atoms with E-state index in [1.807, 2.05) is 36.1 Å². The summed E-state index contributed by atoms with van der Waals surface area (Å²) in [4.78, 5) is 14.5. The zero-order chi connectivity index (χ0) is 24.3. The van der Waals surface area contributed by atoms with Gasteiger partial charge in [-0.05, 0) is 25.1 Å². The van der Waals surface area contributed by atoms with Crippen LogP contribution >= 0.6 is 11.8 Å². The van der Waals surface area contributed by atoms with Crippen molar-refractivity contribution in [3.8, 4) is 11.4 Å². The normalized spacial score (nSPS) is 14.3. The van der Waals surface area contributed by atoms with E-state index in [1.165, 1.54) is 10.7 Å². The van der Waals surface area contributed by atoms with E-state index in [0.717, 1.165) is 35.0 Å². The summed E-state index contributed by atoms with van der Waals surface area (Å²) in [5, 5.41) is 11.0. The maximum Gasteiger partial charge on any atom is 0.416 e. The maximum absolute atomic E-state index is 13.3. The summed E-state index contributed by atoms with van der Waals surface area (Å²) in [6.07, 6.45) is -4.53. The van der Waals surface area contributed by atoms with Crippen molar-refractivity contribution in [3.63, 3.8) is 0 Å². The van der Waals surface area contributed by atoms with Gasteiger partial charge in [-0.1, -0.05) is 41.6 Å². The molecule has 4 rings (SSSR count). The molecule has 0 saturated carbocycles. The minimum absolute atomic E-state index is 0.0943. The van der Waals surface area contributed by atoms with Gasteiger partial charge in [0.05, 0.1) is 35.9 Å². The van der Waals surface area contributed by atoms with E-state index in [4.69, 9.17) is 10.6 Å². The van der Waals surface area contributed by atoms with Crippen molar-refractivity contribution in [3.05, 3.63) is 53.6 Å². The highest BCUT2D eigenvalue weighted by Gasteiger charge is 2.32. The number of rotatable bonds is 6. The number of anilines is 2. The number of amides is 1. The molecule has 1 aliphatic heterocycles. The molecule has 1 aromatic heterocycles. The number of nitrogen functional groups attached to an aromatic ring is 1. The molecule has 0 aliphatic carbocycles. The van der Waals surface area contributed by atoms with Crippen LogP contribution in [0, 0.1) is 6.92 Å². The third-order valence-corrected chi connectivity index (χ3v) is 6.20. The number of ether oxygens (including phenoxy) is 1. The van der Waals surface area contributed by atoms with Crippen molar-refractivity contribution in [1.29, 1.82) is 0 Å². The predicted molar refractivity (Wildman–Crippen MR) is 124 cm³/mol. The van der Waals surface area contributed by atoms with Gasteiger partial charge in [0.1, 0.15) is 0 Å². The van der Waals surface area contributed by atoms with Crippen molar-refractivity contribution in [1.82, 2.24) is 14.9 Å². The number of halogens is 3. The molecule has 1 aliphatic rings. The van der Waals surface area contributed by atoms with Crippen LogP contribution in [0.1, 0.15) is 11.1 Å². The number of alkyl halides is 3. The lowest BCUT2D eigenvalue weighted by Crippen LogP contribution is -2.37. The Morgan fingerprint density at radius 2 is 1.85 bits per heavy atom. The summed E-state index contributed by atoms with van der Waals surface area (Å²) in [7, 11) is 0. The van der Waals surface area contributed by atoms with Crippen LogP contribution in [0.25, 0.3) is 11.4 Å². The van der Waals surface area contributed by atoms with E-state index in [0.29, 0.717) is 43.0 Å². The first kappa shape index (κ1) is 23.9. The minimum atomic E-state index is -4.53. The number of aromatic nitrogens is 3. The van der Waals surface area contributed by atoms with Gasteiger partial charge < -0.3 is 20.8 Å². The van der Waals surface area contributed by atoms with Crippen LogP contribution in [-0.2, 0) is 15.7 Å². The minimum Gasteiger partial charge on any atom is -0.378 e. The first-order valence-corrected chi connectivity index (χ1v) is 11.4. The molecule has 34 heavy (non-hydrogen) atoms. The van der Waals surface area contributed by atoms with Gasteiger partial charge in [-0.2, -0.15) is 13.2 Å². The molecule has 2 aromatic carbocycles. The van der Waals surface area contributed by atoms with E-state index in [9.17, 15) is 18.0 Å². The van der Waals surface area contributed by atoms with Crippen molar-refractivity contribution < 1.29 is 22.7 Å². The Morgan fingerprint density at radius 1 is 1.15 bits per heavy atom. The summed E-state index contributed by atoms with van der Waals surface area (Å²) in [5.74, 6) is 5.94. The van der Waals surface area contributed by atoms with Gasteiger partial charge in [0.25, 0.3) is 0 Å². The van der Waals surface area contributed by atoms with Crippen LogP contribution in [0.15, 0.2) is 47.6 Å². The monoisotopic (exact) mass is 492 g/mol. The standard InChI is InChI=1S/C22H23F3N6O2S/c1-14-2-4-15(5-3-14)20-28-29-21(31(20)26)34-13-19(32)27-17-12-16(22(23,24)25)6-7-18(17)30-8-10-33-11-9-30/h2-7,12H,8-11,13,26H2,1H3,(H,27,32). The average molecular weight is 493 g/mol. The Kier molecular flexibility index (Phi) is 6.98. The van der Waals surface area contributed by atoms with Gasteiger partial charge in [-0.25, -0.2) is 4.68 Å². The number of aryl methyl sites for hydroxylation is 1. The highest BCUT2D eigenvalue weighted by molar-refractivity contribution is 7.99. The van der Waals surface area contributed by atoms with Crippen LogP contribution in [-0.4, -0.2) is 52.8 Å². The Hall–Kier alpha value is -3.25. The number of nitrogens with zero attached hydrogens (tertiary/aromatic N) is 4. The maximum atomic E-state index is 13.3. The summed E-state index contributed by atoms with van der Waals surface area (Å²) in [6, 6.07) is 10.9. The number of carbonyl (C=O) groups is 1. The van der Waals surface area contributed by atoms with E-state index >= 15 is 0 Å². The second kappa shape index (κ2) is 9.94. The van der Waals surface area contributed by atoms with Crippen LogP contribution in [0.3, 0.4) is 0 Å². The number of hydrogen-bond donors (Lipinski definition) is 2. The molecule has 0 bridgehead atoms. The molecule has 180 valence electrons. The summed E-state index contributed by atoms with van der Waals surface area (Å²) in [5.41, 5.74) is 1.63. The topological polar surface area (TPSA) is 98.3 Å². The molecule has 12 heteroatoms. The molecule has 0 radical (unpaired) electrons. The lowest BCUT2D eigenvalue weighted by atomic mass is 10.1. The second-order valence-corrected chi connectivity index (χ2v) is 8.65. The molecule has 0 spiro atoms. The fourth-order valence-corrected chi connectivity index (χ4v) is 4.14. The van der Waals surface area contributed by atoms with Crippen LogP contribution in [0.2, 0.25) is 0 Å². The summed E-state index contributed by atoms with van der Waals surface area (Å²) < 4.78 is 46.4. The Balaban J connectivity index is 1.48. The smallest absolute Gasteiger partial charge is 0.378 e. The fourth-order valence-electron chi connectivity index (χ4n) is 3.48. The molecular formula is C22H23F3N6O2S. The zero-order valence-electron chi connectivity index (χ0n) is 18.3. The highest BCUT2D eigenvalue weighted by atomic mass is 32.2. The molecule has 8 nitrogen and oxygen atoms in total. The lowest BCUT2D eigenvalue weighted by Gasteiger charge is -2.31. The molecule has 1 saturated heterocycles. The zero-order valence-corrected chi connectivity index (χ0v) is 19.1. The number of carbonyl (C=O) groups excluding carboxylic acids is 1. The van der Waals surface area contributed by atoms with Gasteiger partial charge >= 0.3 is 6.18 Å². The SMILES string of the molecule is Cc1ccc(-c2nnc(SCC(=O)Nc3cc(C(F)(F)F)ccc3N3CCOCC3)n2N)cc1. The first-order valence-electron chi connectivity index (χ1n) is 10.5. The van der Waals surface area contributed by atoms with Gasteiger partial charge in [0, 0.05) is 18.7 Å². The van der Waals surface area contributed by atoms with Gasteiger partial charge in [0.15, 0.2) is 5.82 Å². The van der Waals surface area contributed by atoms with Crippen molar-refractivity contribution >= 4 is 29.0 Å². The Morgan fingerprint density at radius 3 is 2.53 bits per heavy atom. The van der Waals surface area contributed by atoms with E-state index in [-0.39, 0.29) is 11.4 Å². The lowest BCUT2D eigenvalue weighted by molar-refractivity contribution is -0.137. The molecule has 0 atom stereocenters. The Labute approximate surface area is 198 Å². The Bertz CT molecular complexity index is 1160. The van der Waals surface area contributed by atoms with Crippen molar-refractivity contribution in [2.45, 2.75) is 18.3 Å². The number of morpholine rings is 1. The molecule has 1 amide bonds. The summed E-state index contributed by atoms with van der Waals surface area (Å²) >= 11 is 1.04. The highest BCUT2D eigenvalue weighted by Crippen LogP contribution is 2.36. The number of nitrogens with one attached hydrogen (secondary N) is 1. The van der Waals surface area contributed by atoms with E-state index in [1.54, 1.807) is 0 Å². The van der Waals surface area contributed by atoms with Gasteiger partial charge in [-0.3, -0.25) is 4.79 Å². The molecular weight excluding hydrogens is 469 g/mol. The molecule has 3 N–H and O–H groups in total. The number of benzene rings is 2. The second-order valence-electron chi connectivity index (χ2n) is 7.71. The largest absolute Gasteiger partial charge is 0.416 e. The molecule has 2 heterocycles. The predicted octanol–water partition coefficient (Wildman–Crippen LogP) is 3.55. The first-order chi connectivity index (χ1) is 16.2. The third kappa shape index (κ3) is 5.45. The van der Waals surface area contributed by atoms with Crippen molar-refractivity contribution in [2.75, 3.05) is 48.1 Å². The summed E-state index contributed by atoms with van der Waals surface area (Å²) in [6.45, 7) is 3.91. The van der Waals surface area contributed by atoms with Crippen LogP contribution in [0.5, 0.6) is 0 Å². The van der Waals surface area contributed by atoms with E-state index in [2.05, 4.69) is 15.5 Å². The van der Waals surface area contributed by atoms with Gasteiger partial charge in [0.2, 0.25) is 11.1 Å². The van der Waals surface area contributed by atoms with Crippen LogP contribution < -0.4 is 16.1 Å². The average Bonchev–Trinajstić information content (AvgIpc) is 3.18. The third-order valence-electron chi connectivity index (χ3n) is 5.26. The van der Waals surface area contributed by atoms with Crippen LogP contribution in [0.4, 0.5) is 24.5 Å². The number of thioether (sulfide) groups is 1.